The monoisotopic (exact) mass is 251 g/mol. The Labute approximate surface area is 104 Å². The second-order valence-corrected chi connectivity index (χ2v) is 4.75. The third-order valence-corrected chi connectivity index (χ3v) is 3.58. The van der Waals surface area contributed by atoms with Crippen LogP contribution >= 0.6 is 11.5 Å². The van der Waals surface area contributed by atoms with Gasteiger partial charge < -0.3 is 5.32 Å². The lowest BCUT2D eigenvalue weighted by molar-refractivity contribution is 0.589. The molecule has 90 valence electrons. The molecule has 1 aromatic heterocycles. The van der Waals surface area contributed by atoms with E-state index in [2.05, 4.69) is 14.9 Å². The van der Waals surface area contributed by atoms with Crippen LogP contribution in [0.15, 0.2) is 24.4 Å². The second-order valence-electron chi connectivity index (χ2n) is 3.94. The molecule has 0 saturated heterocycles. The molecule has 0 saturated carbocycles. The molecule has 1 aromatic carbocycles. The summed E-state index contributed by atoms with van der Waals surface area (Å²) >= 11 is 1.37. The molecule has 0 aliphatic rings. The highest BCUT2D eigenvalue weighted by Gasteiger charge is 2.14. The van der Waals surface area contributed by atoms with Crippen molar-refractivity contribution in [1.29, 1.82) is 0 Å². The molecule has 0 aliphatic carbocycles. The largest absolute Gasteiger partial charge is 0.312 e. The van der Waals surface area contributed by atoms with Gasteiger partial charge >= 0.3 is 0 Å². The summed E-state index contributed by atoms with van der Waals surface area (Å²) in [6, 6.07) is 5.02. The van der Waals surface area contributed by atoms with Crippen molar-refractivity contribution in [2.45, 2.75) is 19.4 Å². The molecule has 0 spiro atoms. The molecule has 0 bridgehead atoms. The van der Waals surface area contributed by atoms with Crippen LogP contribution in [0, 0.1) is 12.7 Å². The number of nitrogens with zero attached hydrogens (tertiary/aromatic N) is 2. The number of nitrogens with one attached hydrogen (secondary N) is 1. The Kier molecular flexibility index (Phi) is 3.81. The van der Waals surface area contributed by atoms with E-state index in [-0.39, 0.29) is 11.9 Å². The predicted molar refractivity (Wildman–Crippen MR) is 66.6 cm³/mol. The van der Waals surface area contributed by atoms with Crippen molar-refractivity contribution in [3.63, 3.8) is 0 Å². The minimum Gasteiger partial charge on any atom is -0.312 e. The van der Waals surface area contributed by atoms with E-state index >= 15 is 0 Å². The fraction of sp³-hybridized carbons (Fsp3) is 0.333. The Hall–Kier alpha value is -1.33. The number of benzene rings is 1. The van der Waals surface area contributed by atoms with Gasteiger partial charge in [0.2, 0.25) is 0 Å². The van der Waals surface area contributed by atoms with Gasteiger partial charge in [-0.05, 0) is 55.2 Å². The number of aryl methyl sites for hydroxylation is 1. The molecule has 2 rings (SSSR count). The second kappa shape index (κ2) is 5.33. The molecule has 0 amide bonds. The van der Waals surface area contributed by atoms with Crippen molar-refractivity contribution >= 4 is 11.5 Å². The van der Waals surface area contributed by atoms with Crippen molar-refractivity contribution in [3.8, 4) is 0 Å². The Bertz CT molecular complexity index is 485. The molecule has 0 fully saturated rings. The lowest BCUT2D eigenvalue weighted by Gasteiger charge is -2.15. The molecule has 1 heterocycles. The first kappa shape index (κ1) is 12.1. The van der Waals surface area contributed by atoms with Gasteiger partial charge in [0.1, 0.15) is 5.82 Å². The maximum atomic E-state index is 13.2. The number of rotatable bonds is 4. The average Bonchev–Trinajstić information content (AvgIpc) is 2.84. The number of hydrogen-bond donors (Lipinski definition) is 1. The van der Waals surface area contributed by atoms with Crippen LogP contribution in [-0.2, 0) is 6.42 Å². The van der Waals surface area contributed by atoms with Gasteiger partial charge in [-0.2, -0.15) is 0 Å². The fourth-order valence-electron chi connectivity index (χ4n) is 1.75. The quantitative estimate of drug-likeness (QED) is 0.907. The third kappa shape index (κ3) is 2.87. The van der Waals surface area contributed by atoms with Crippen molar-refractivity contribution in [2.24, 2.45) is 0 Å². The van der Waals surface area contributed by atoms with Gasteiger partial charge in [-0.25, -0.2) is 4.39 Å². The van der Waals surface area contributed by atoms with E-state index in [1.807, 2.05) is 20.0 Å². The van der Waals surface area contributed by atoms with Crippen LogP contribution in [0.5, 0.6) is 0 Å². The van der Waals surface area contributed by atoms with Crippen LogP contribution in [0.1, 0.15) is 22.0 Å². The third-order valence-electron chi connectivity index (χ3n) is 2.81. The number of aromatic nitrogens is 2. The lowest BCUT2D eigenvalue weighted by Crippen LogP contribution is -2.18. The van der Waals surface area contributed by atoms with E-state index in [0.717, 1.165) is 22.4 Å². The predicted octanol–water partition coefficient (Wildman–Crippen LogP) is 2.49. The zero-order valence-corrected chi connectivity index (χ0v) is 10.6. The maximum absolute atomic E-state index is 13.2. The fourth-order valence-corrected chi connectivity index (χ4v) is 2.36. The van der Waals surface area contributed by atoms with Gasteiger partial charge in [-0.15, -0.1) is 5.10 Å². The van der Waals surface area contributed by atoms with Crippen LogP contribution in [0.25, 0.3) is 0 Å². The molecule has 0 radical (unpaired) electrons. The first-order valence-electron chi connectivity index (χ1n) is 5.40. The Morgan fingerprint density at radius 1 is 1.47 bits per heavy atom. The van der Waals surface area contributed by atoms with Gasteiger partial charge in [-0.3, -0.25) is 0 Å². The number of hydrogen-bond acceptors (Lipinski definition) is 4. The van der Waals surface area contributed by atoms with Gasteiger partial charge in [0.15, 0.2) is 0 Å². The summed E-state index contributed by atoms with van der Waals surface area (Å²) in [6.07, 6.45) is 2.49. The van der Waals surface area contributed by atoms with E-state index in [4.69, 9.17) is 0 Å². The molecule has 1 atom stereocenters. The zero-order chi connectivity index (χ0) is 12.3. The molecular weight excluding hydrogens is 237 g/mol. The van der Waals surface area contributed by atoms with Crippen molar-refractivity contribution in [2.75, 3.05) is 7.05 Å². The van der Waals surface area contributed by atoms with Gasteiger partial charge in [0, 0.05) is 6.04 Å². The Morgan fingerprint density at radius 2 is 2.29 bits per heavy atom. The average molecular weight is 251 g/mol. The summed E-state index contributed by atoms with van der Waals surface area (Å²) in [5.74, 6) is -0.192. The van der Waals surface area contributed by atoms with Crippen LogP contribution in [0.3, 0.4) is 0 Å². The highest BCUT2D eigenvalue weighted by atomic mass is 32.1. The van der Waals surface area contributed by atoms with Gasteiger partial charge in [-0.1, -0.05) is 10.6 Å². The summed E-state index contributed by atoms with van der Waals surface area (Å²) < 4.78 is 17.1. The number of likely N-dealkylation sites (N-methyl/N-ethyl adjacent to an activating group) is 1. The molecule has 5 heteroatoms. The first-order valence-corrected chi connectivity index (χ1v) is 6.17. The van der Waals surface area contributed by atoms with Crippen molar-refractivity contribution < 1.29 is 4.39 Å². The molecule has 1 unspecified atom stereocenters. The SMILES string of the molecule is CNC(Cc1cc(F)ccc1C)c1cnns1. The van der Waals surface area contributed by atoms with Crippen molar-refractivity contribution in [3.05, 3.63) is 46.2 Å². The normalized spacial score (nSPS) is 12.6. The summed E-state index contributed by atoms with van der Waals surface area (Å²) in [5, 5.41) is 7.03. The Balaban J connectivity index is 2.21. The van der Waals surface area contributed by atoms with E-state index < -0.39 is 0 Å². The standard InChI is InChI=1S/C12H14FN3S/c1-8-3-4-10(13)5-9(8)6-11(14-2)12-7-15-16-17-12/h3-5,7,11,14H,6H2,1-2H3. The van der Waals surface area contributed by atoms with E-state index in [0.29, 0.717) is 0 Å². The van der Waals surface area contributed by atoms with Gasteiger partial charge in [0.05, 0.1) is 11.1 Å². The topological polar surface area (TPSA) is 37.8 Å². The highest BCUT2D eigenvalue weighted by Crippen LogP contribution is 2.22. The first-order chi connectivity index (χ1) is 8.20. The highest BCUT2D eigenvalue weighted by molar-refractivity contribution is 7.05. The summed E-state index contributed by atoms with van der Waals surface area (Å²) in [4.78, 5) is 1.07. The Morgan fingerprint density at radius 3 is 2.94 bits per heavy atom. The van der Waals surface area contributed by atoms with Crippen LogP contribution in [0.4, 0.5) is 4.39 Å². The molecule has 1 N–H and O–H groups in total. The van der Waals surface area contributed by atoms with E-state index in [9.17, 15) is 4.39 Å². The lowest BCUT2D eigenvalue weighted by atomic mass is 10.0. The van der Waals surface area contributed by atoms with Gasteiger partial charge in [0.25, 0.3) is 0 Å². The smallest absolute Gasteiger partial charge is 0.123 e. The summed E-state index contributed by atoms with van der Waals surface area (Å²) in [7, 11) is 1.89. The van der Waals surface area contributed by atoms with Crippen LogP contribution in [0.2, 0.25) is 0 Å². The van der Waals surface area contributed by atoms with E-state index in [1.165, 1.54) is 17.6 Å². The number of halogens is 1. The summed E-state index contributed by atoms with van der Waals surface area (Å²) in [5.41, 5.74) is 2.11. The molecule has 2 aromatic rings. The minimum atomic E-state index is -0.192. The molecule has 0 aliphatic heterocycles. The molecule has 3 nitrogen and oxygen atoms in total. The molecule has 17 heavy (non-hydrogen) atoms. The summed E-state index contributed by atoms with van der Waals surface area (Å²) in [6.45, 7) is 1.99. The zero-order valence-electron chi connectivity index (χ0n) is 9.77. The minimum absolute atomic E-state index is 0.135. The van der Waals surface area contributed by atoms with Crippen LogP contribution < -0.4 is 5.32 Å². The van der Waals surface area contributed by atoms with Crippen molar-refractivity contribution in [1.82, 2.24) is 14.9 Å². The van der Waals surface area contributed by atoms with Crippen LogP contribution in [-0.4, -0.2) is 16.6 Å². The maximum Gasteiger partial charge on any atom is 0.123 e. The van der Waals surface area contributed by atoms with E-state index in [1.54, 1.807) is 12.3 Å². The molecular formula is C12H14FN3S.